The summed E-state index contributed by atoms with van der Waals surface area (Å²) in [6.07, 6.45) is 2.57. The van der Waals surface area contributed by atoms with Crippen molar-refractivity contribution in [2.45, 2.75) is 39.5 Å². The first-order chi connectivity index (χ1) is 6.55. The predicted molar refractivity (Wildman–Crippen MR) is 54.9 cm³/mol. The van der Waals surface area contributed by atoms with Crippen LogP contribution in [0.15, 0.2) is 5.16 Å². The molecule has 14 heavy (non-hydrogen) atoms. The summed E-state index contributed by atoms with van der Waals surface area (Å²) in [6, 6.07) is 0. The van der Waals surface area contributed by atoms with E-state index in [9.17, 15) is 4.79 Å². The van der Waals surface area contributed by atoms with Gasteiger partial charge in [-0.1, -0.05) is 31.8 Å². The summed E-state index contributed by atoms with van der Waals surface area (Å²) in [6.45, 7) is 3.86. The fourth-order valence-electron chi connectivity index (χ4n) is 1.70. The Morgan fingerprint density at radius 2 is 1.71 bits per heavy atom. The second kappa shape index (κ2) is 5.47. The van der Waals surface area contributed by atoms with E-state index in [2.05, 4.69) is 5.16 Å². The van der Waals surface area contributed by atoms with Gasteiger partial charge >= 0.3 is 0 Å². The largest absolute Gasteiger partial charge is 0.409 e. The molecule has 5 nitrogen and oxygen atoms in total. The van der Waals surface area contributed by atoms with Crippen LogP contribution < -0.4 is 11.5 Å². The lowest BCUT2D eigenvalue weighted by atomic mass is 9.77. The number of hydrogen-bond donors (Lipinski definition) is 3. The normalized spacial score (nSPS) is 12.9. The molecule has 0 saturated carbocycles. The Labute approximate surface area is 84.1 Å². The first-order valence-corrected chi connectivity index (χ1v) is 4.83. The van der Waals surface area contributed by atoms with Gasteiger partial charge in [0.2, 0.25) is 5.91 Å². The quantitative estimate of drug-likeness (QED) is 0.256. The Kier molecular flexibility index (Phi) is 4.97. The van der Waals surface area contributed by atoms with E-state index in [1.807, 2.05) is 13.8 Å². The molecule has 0 unspecified atom stereocenters. The molecule has 5 N–H and O–H groups in total. The molecule has 0 aliphatic carbocycles. The summed E-state index contributed by atoms with van der Waals surface area (Å²) in [5.41, 5.74) is 9.86. The Morgan fingerprint density at radius 1 is 1.29 bits per heavy atom. The van der Waals surface area contributed by atoms with Crippen molar-refractivity contribution in [3.8, 4) is 0 Å². The number of hydrogen-bond acceptors (Lipinski definition) is 3. The number of carbonyl (C=O) groups excluding carboxylic acids is 1. The van der Waals surface area contributed by atoms with Crippen LogP contribution in [0.4, 0.5) is 0 Å². The topological polar surface area (TPSA) is 102 Å². The summed E-state index contributed by atoms with van der Waals surface area (Å²) < 4.78 is 0. The highest BCUT2D eigenvalue weighted by molar-refractivity contribution is 6.06. The molecule has 0 aromatic rings. The van der Waals surface area contributed by atoms with E-state index >= 15 is 0 Å². The zero-order chi connectivity index (χ0) is 11.2. The van der Waals surface area contributed by atoms with Crippen LogP contribution >= 0.6 is 0 Å². The third kappa shape index (κ3) is 2.37. The molecule has 0 aromatic carbocycles. The van der Waals surface area contributed by atoms with Crippen LogP contribution in [0.2, 0.25) is 0 Å². The highest BCUT2D eigenvalue weighted by Gasteiger charge is 2.39. The van der Waals surface area contributed by atoms with Gasteiger partial charge in [-0.3, -0.25) is 4.79 Å². The monoisotopic (exact) mass is 201 g/mol. The summed E-state index contributed by atoms with van der Waals surface area (Å²) in [5.74, 6) is -0.592. The van der Waals surface area contributed by atoms with Crippen LogP contribution in [0.25, 0.3) is 0 Å². The maximum absolute atomic E-state index is 11.4. The van der Waals surface area contributed by atoms with Crippen molar-refractivity contribution in [2.24, 2.45) is 22.0 Å². The van der Waals surface area contributed by atoms with Gasteiger partial charge in [0.25, 0.3) is 0 Å². The van der Waals surface area contributed by atoms with Crippen LogP contribution in [-0.4, -0.2) is 17.0 Å². The predicted octanol–water partition coefficient (Wildman–Crippen LogP) is 0.805. The number of oxime groups is 1. The second-order valence-electron chi connectivity index (χ2n) is 3.43. The Bertz CT molecular complexity index is 220. The van der Waals surface area contributed by atoms with Gasteiger partial charge in [0, 0.05) is 0 Å². The van der Waals surface area contributed by atoms with Gasteiger partial charge in [-0.05, 0) is 12.8 Å². The van der Waals surface area contributed by atoms with Crippen molar-refractivity contribution in [1.29, 1.82) is 0 Å². The van der Waals surface area contributed by atoms with Crippen molar-refractivity contribution >= 4 is 11.7 Å². The lowest BCUT2D eigenvalue weighted by molar-refractivity contribution is -0.125. The molecule has 0 aromatic heterocycles. The molecule has 5 heteroatoms. The Balaban J connectivity index is 5.03. The van der Waals surface area contributed by atoms with Crippen LogP contribution in [0.5, 0.6) is 0 Å². The van der Waals surface area contributed by atoms with Crippen LogP contribution in [-0.2, 0) is 4.79 Å². The van der Waals surface area contributed by atoms with Crippen molar-refractivity contribution in [1.82, 2.24) is 0 Å². The molecule has 0 aliphatic rings. The summed E-state index contributed by atoms with van der Waals surface area (Å²) in [5, 5.41) is 11.5. The van der Waals surface area contributed by atoms with E-state index < -0.39 is 11.3 Å². The molecule has 1 amide bonds. The Hall–Kier alpha value is -1.26. The van der Waals surface area contributed by atoms with E-state index in [-0.39, 0.29) is 5.84 Å². The van der Waals surface area contributed by atoms with Gasteiger partial charge in [-0.2, -0.15) is 0 Å². The molecule has 0 spiro atoms. The molecular weight excluding hydrogens is 182 g/mol. The first-order valence-electron chi connectivity index (χ1n) is 4.83. The van der Waals surface area contributed by atoms with Crippen molar-refractivity contribution in [3.05, 3.63) is 0 Å². The fraction of sp³-hybridized carbons (Fsp3) is 0.778. The van der Waals surface area contributed by atoms with Crippen LogP contribution in [0, 0.1) is 5.41 Å². The number of carbonyl (C=O) groups is 1. The van der Waals surface area contributed by atoms with E-state index in [0.29, 0.717) is 12.8 Å². The highest BCUT2D eigenvalue weighted by Crippen LogP contribution is 2.29. The average Bonchev–Trinajstić information content (AvgIpc) is 2.15. The van der Waals surface area contributed by atoms with Gasteiger partial charge < -0.3 is 16.7 Å². The molecule has 0 saturated heterocycles. The van der Waals surface area contributed by atoms with Crippen molar-refractivity contribution < 1.29 is 10.0 Å². The average molecular weight is 201 g/mol. The fourth-order valence-corrected chi connectivity index (χ4v) is 1.70. The standard InChI is InChI=1S/C9H19N3O2/c1-3-5-9(6-4-2,8(11)13)7(10)12-14/h14H,3-6H2,1-2H3,(H2,10,12)(H2,11,13). The number of primary amides is 1. The third-order valence-electron chi connectivity index (χ3n) is 2.42. The van der Waals surface area contributed by atoms with Crippen molar-refractivity contribution in [2.75, 3.05) is 0 Å². The molecule has 82 valence electrons. The van der Waals surface area contributed by atoms with E-state index in [0.717, 1.165) is 12.8 Å². The minimum atomic E-state index is -0.974. The lowest BCUT2D eigenvalue weighted by Crippen LogP contribution is -2.47. The lowest BCUT2D eigenvalue weighted by Gasteiger charge is -2.28. The summed E-state index contributed by atoms with van der Waals surface area (Å²) in [4.78, 5) is 11.4. The van der Waals surface area contributed by atoms with Crippen molar-refractivity contribution in [3.63, 3.8) is 0 Å². The maximum atomic E-state index is 11.4. The zero-order valence-corrected chi connectivity index (χ0v) is 8.79. The number of nitrogens with two attached hydrogens (primary N) is 2. The summed E-state index contributed by atoms with van der Waals surface area (Å²) in [7, 11) is 0. The van der Waals surface area contributed by atoms with Gasteiger partial charge in [-0.25, -0.2) is 0 Å². The van der Waals surface area contributed by atoms with E-state index in [1.165, 1.54) is 0 Å². The minimum absolute atomic E-state index is 0.0753. The van der Waals surface area contributed by atoms with Gasteiger partial charge in [0.05, 0.1) is 0 Å². The van der Waals surface area contributed by atoms with Crippen LogP contribution in [0.3, 0.4) is 0 Å². The number of amides is 1. The maximum Gasteiger partial charge on any atom is 0.231 e. The molecule has 0 aliphatic heterocycles. The SMILES string of the molecule is CCCC(CCC)(C(N)=O)C(N)=NO. The van der Waals surface area contributed by atoms with Gasteiger partial charge in [0.1, 0.15) is 5.41 Å². The number of amidine groups is 1. The molecule has 0 radical (unpaired) electrons. The molecule has 0 heterocycles. The highest BCUT2D eigenvalue weighted by atomic mass is 16.4. The van der Waals surface area contributed by atoms with E-state index in [4.69, 9.17) is 16.7 Å². The zero-order valence-electron chi connectivity index (χ0n) is 8.79. The van der Waals surface area contributed by atoms with Gasteiger partial charge in [0.15, 0.2) is 5.84 Å². The summed E-state index contributed by atoms with van der Waals surface area (Å²) >= 11 is 0. The Morgan fingerprint density at radius 3 is 1.93 bits per heavy atom. The molecule has 0 fully saturated rings. The minimum Gasteiger partial charge on any atom is -0.409 e. The number of nitrogens with zero attached hydrogens (tertiary/aromatic N) is 1. The van der Waals surface area contributed by atoms with Gasteiger partial charge in [-0.15, -0.1) is 0 Å². The first kappa shape index (κ1) is 12.7. The smallest absolute Gasteiger partial charge is 0.231 e. The number of rotatable bonds is 6. The molecule has 0 bridgehead atoms. The molecular formula is C9H19N3O2. The molecule has 0 rings (SSSR count). The second-order valence-corrected chi connectivity index (χ2v) is 3.43. The van der Waals surface area contributed by atoms with Crippen LogP contribution in [0.1, 0.15) is 39.5 Å². The molecule has 0 atom stereocenters. The van der Waals surface area contributed by atoms with E-state index in [1.54, 1.807) is 0 Å². The third-order valence-corrected chi connectivity index (χ3v) is 2.42.